The Kier molecular flexibility index (Phi) is 5.69. The summed E-state index contributed by atoms with van der Waals surface area (Å²) in [6.07, 6.45) is 0.419. The molecule has 0 amide bonds. The third-order valence-corrected chi connectivity index (χ3v) is 3.67. The van der Waals surface area contributed by atoms with Crippen LogP contribution in [0.1, 0.15) is 20.8 Å². The molecule has 1 aliphatic rings. The standard InChI is InChI=1S/C12H26N2O2/c1-6-13-9(2)10(3)14-7-11(15-4)12(8-14)16-5/h9-13H,6-8H2,1-5H3. The van der Waals surface area contributed by atoms with Gasteiger partial charge in [0.15, 0.2) is 0 Å². The molecular formula is C12H26N2O2. The van der Waals surface area contributed by atoms with Crippen LogP contribution in [0.25, 0.3) is 0 Å². The van der Waals surface area contributed by atoms with Crippen LogP contribution in [0.5, 0.6) is 0 Å². The molecule has 4 unspecified atom stereocenters. The average Bonchev–Trinajstić information content (AvgIpc) is 2.71. The summed E-state index contributed by atoms with van der Waals surface area (Å²) in [5.41, 5.74) is 0. The van der Waals surface area contributed by atoms with Crippen molar-refractivity contribution in [1.29, 1.82) is 0 Å². The third kappa shape index (κ3) is 3.17. The van der Waals surface area contributed by atoms with Crippen molar-refractivity contribution in [3.63, 3.8) is 0 Å². The van der Waals surface area contributed by atoms with Gasteiger partial charge < -0.3 is 14.8 Å². The van der Waals surface area contributed by atoms with Crippen LogP contribution >= 0.6 is 0 Å². The minimum absolute atomic E-state index is 0.210. The average molecular weight is 230 g/mol. The van der Waals surface area contributed by atoms with Crippen molar-refractivity contribution >= 4 is 0 Å². The first kappa shape index (κ1) is 13.9. The molecule has 4 atom stereocenters. The van der Waals surface area contributed by atoms with Crippen molar-refractivity contribution < 1.29 is 9.47 Å². The molecule has 0 spiro atoms. The third-order valence-electron chi connectivity index (χ3n) is 3.67. The largest absolute Gasteiger partial charge is 0.377 e. The second-order valence-electron chi connectivity index (χ2n) is 4.59. The van der Waals surface area contributed by atoms with Gasteiger partial charge in [-0.15, -0.1) is 0 Å². The predicted molar refractivity (Wildman–Crippen MR) is 65.8 cm³/mol. The van der Waals surface area contributed by atoms with Crippen LogP contribution in [0.2, 0.25) is 0 Å². The van der Waals surface area contributed by atoms with E-state index in [0.29, 0.717) is 12.1 Å². The van der Waals surface area contributed by atoms with Crippen LogP contribution in [0.15, 0.2) is 0 Å². The minimum atomic E-state index is 0.210. The molecule has 4 nitrogen and oxygen atoms in total. The zero-order valence-corrected chi connectivity index (χ0v) is 11.2. The Morgan fingerprint density at radius 3 is 2.06 bits per heavy atom. The van der Waals surface area contributed by atoms with E-state index in [1.165, 1.54) is 0 Å². The van der Waals surface area contributed by atoms with Crippen LogP contribution in [-0.4, -0.2) is 63.0 Å². The van der Waals surface area contributed by atoms with E-state index in [1.807, 2.05) is 0 Å². The molecule has 0 aromatic rings. The Balaban J connectivity index is 2.49. The summed E-state index contributed by atoms with van der Waals surface area (Å²) in [4.78, 5) is 2.44. The second kappa shape index (κ2) is 6.55. The minimum Gasteiger partial charge on any atom is -0.377 e. The summed E-state index contributed by atoms with van der Waals surface area (Å²) in [7, 11) is 3.52. The molecule has 16 heavy (non-hydrogen) atoms. The number of nitrogens with zero attached hydrogens (tertiary/aromatic N) is 1. The first-order valence-corrected chi connectivity index (χ1v) is 6.17. The molecule has 1 aliphatic heterocycles. The number of likely N-dealkylation sites (N-methyl/N-ethyl adjacent to an activating group) is 1. The molecule has 0 radical (unpaired) electrons. The lowest BCUT2D eigenvalue weighted by Crippen LogP contribution is -2.46. The number of nitrogens with one attached hydrogen (secondary N) is 1. The topological polar surface area (TPSA) is 33.7 Å². The molecule has 0 bridgehead atoms. The van der Waals surface area contributed by atoms with E-state index in [4.69, 9.17) is 9.47 Å². The zero-order chi connectivity index (χ0) is 12.1. The molecule has 1 fully saturated rings. The quantitative estimate of drug-likeness (QED) is 0.729. The fourth-order valence-electron chi connectivity index (χ4n) is 2.37. The number of methoxy groups -OCH3 is 2. The van der Waals surface area contributed by atoms with Crippen molar-refractivity contribution in [3.05, 3.63) is 0 Å². The van der Waals surface area contributed by atoms with Gasteiger partial charge in [-0.2, -0.15) is 0 Å². The monoisotopic (exact) mass is 230 g/mol. The number of hydrogen-bond acceptors (Lipinski definition) is 4. The molecule has 1 N–H and O–H groups in total. The van der Waals surface area contributed by atoms with Gasteiger partial charge in [-0.05, 0) is 20.4 Å². The predicted octanol–water partition coefficient (Wildman–Crippen LogP) is 0.719. The van der Waals surface area contributed by atoms with E-state index in [9.17, 15) is 0 Å². The van der Waals surface area contributed by atoms with E-state index in [-0.39, 0.29) is 12.2 Å². The molecule has 96 valence electrons. The summed E-state index contributed by atoms with van der Waals surface area (Å²) in [6, 6.07) is 1.01. The van der Waals surface area contributed by atoms with Gasteiger partial charge in [0.1, 0.15) is 0 Å². The number of hydrogen-bond donors (Lipinski definition) is 1. The Bertz CT molecular complexity index is 189. The lowest BCUT2D eigenvalue weighted by Gasteiger charge is -2.29. The Labute approximate surface area is 99.3 Å². The molecule has 4 heteroatoms. The fourth-order valence-corrected chi connectivity index (χ4v) is 2.37. The van der Waals surface area contributed by atoms with Crippen molar-refractivity contribution in [3.8, 4) is 0 Å². The molecule has 0 saturated carbocycles. The molecular weight excluding hydrogens is 204 g/mol. The van der Waals surface area contributed by atoms with Crippen LogP contribution < -0.4 is 5.32 Å². The maximum atomic E-state index is 5.45. The SMILES string of the molecule is CCNC(C)C(C)N1CC(OC)C(OC)C1. The van der Waals surface area contributed by atoms with E-state index in [2.05, 4.69) is 31.0 Å². The van der Waals surface area contributed by atoms with Gasteiger partial charge in [-0.25, -0.2) is 0 Å². The summed E-state index contributed by atoms with van der Waals surface area (Å²) in [6.45, 7) is 9.58. The first-order valence-electron chi connectivity index (χ1n) is 6.17. The lowest BCUT2D eigenvalue weighted by molar-refractivity contribution is -0.00461. The van der Waals surface area contributed by atoms with Crippen molar-refractivity contribution in [2.75, 3.05) is 33.9 Å². The van der Waals surface area contributed by atoms with Crippen molar-refractivity contribution in [1.82, 2.24) is 10.2 Å². The highest BCUT2D eigenvalue weighted by molar-refractivity contribution is 4.90. The van der Waals surface area contributed by atoms with Gasteiger partial charge >= 0.3 is 0 Å². The van der Waals surface area contributed by atoms with Crippen LogP contribution in [-0.2, 0) is 9.47 Å². The van der Waals surface area contributed by atoms with Crippen molar-refractivity contribution in [2.24, 2.45) is 0 Å². The Hall–Kier alpha value is -0.160. The lowest BCUT2D eigenvalue weighted by atomic mass is 10.1. The molecule has 0 aromatic heterocycles. The van der Waals surface area contributed by atoms with E-state index >= 15 is 0 Å². The first-order chi connectivity index (χ1) is 7.63. The summed E-state index contributed by atoms with van der Waals surface area (Å²) in [5, 5.41) is 3.46. The van der Waals surface area contributed by atoms with E-state index in [1.54, 1.807) is 14.2 Å². The Morgan fingerprint density at radius 1 is 1.19 bits per heavy atom. The van der Waals surface area contributed by atoms with Crippen molar-refractivity contribution in [2.45, 2.75) is 45.1 Å². The number of rotatable bonds is 6. The normalized spacial score (nSPS) is 30.6. The molecule has 1 saturated heterocycles. The molecule has 1 rings (SSSR count). The molecule has 0 aliphatic carbocycles. The highest BCUT2D eigenvalue weighted by Crippen LogP contribution is 2.19. The van der Waals surface area contributed by atoms with Gasteiger partial charge in [0, 0.05) is 39.4 Å². The van der Waals surface area contributed by atoms with E-state index in [0.717, 1.165) is 19.6 Å². The maximum Gasteiger partial charge on any atom is 0.0971 e. The summed E-state index contributed by atoms with van der Waals surface area (Å²) < 4.78 is 10.9. The highest BCUT2D eigenvalue weighted by Gasteiger charge is 2.36. The second-order valence-corrected chi connectivity index (χ2v) is 4.59. The summed E-state index contributed by atoms with van der Waals surface area (Å²) in [5.74, 6) is 0. The van der Waals surface area contributed by atoms with Gasteiger partial charge in [-0.1, -0.05) is 6.92 Å². The Morgan fingerprint density at radius 2 is 1.69 bits per heavy atom. The maximum absolute atomic E-state index is 5.45. The number of ether oxygens (including phenoxy) is 2. The van der Waals surface area contributed by atoms with Crippen LogP contribution in [0.3, 0.4) is 0 Å². The zero-order valence-electron chi connectivity index (χ0n) is 11.2. The van der Waals surface area contributed by atoms with Gasteiger partial charge in [0.2, 0.25) is 0 Å². The summed E-state index contributed by atoms with van der Waals surface area (Å²) >= 11 is 0. The molecule has 0 aromatic carbocycles. The van der Waals surface area contributed by atoms with E-state index < -0.39 is 0 Å². The van der Waals surface area contributed by atoms with Gasteiger partial charge in [-0.3, -0.25) is 4.90 Å². The highest BCUT2D eigenvalue weighted by atomic mass is 16.5. The fraction of sp³-hybridized carbons (Fsp3) is 1.00. The smallest absolute Gasteiger partial charge is 0.0971 e. The van der Waals surface area contributed by atoms with Crippen LogP contribution in [0.4, 0.5) is 0 Å². The number of likely N-dealkylation sites (tertiary alicyclic amines) is 1. The van der Waals surface area contributed by atoms with Gasteiger partial charge in [0.25, 0.3) is 0 Å². The van der Waals surface area contributed by atoms with Crippen LogP contribution in [0, 0.1) is 0 Å². The van der Waals surface area contributed by atoms with Gasteiger partial charge in [0.05, 0.1) is 12.2 Å². The molecule has 1 heterocycles.